The van der Waals surface area contributed by atoms with Gasteiger partial charge >= 0.3 is 0 Å². The molecule has 0 bridgehead atoms. The van der Waals surface area contributed by atoms with Gasteiger partial charge in [-0.05, 0) is 18.6 Å². The molecule has 1 aromatic carbocycles. The Morgan fingerprint density at radius 3 is 2.50 bits per heavy atom. The first-order valence-electron chi connectivity index (χ1n) is 8.83. The van der Waals surface area contributed by atoms with Crippen molar-refractivity contribution >= 4 is 11.9 Å². The number of rotatable bonds is 9. The van der Waals surface area contributed by atoms with Gasteiger partial charge in [0.1, 0.15) is 18.0 Å². The number of benzene rings is 1. The molecule has 26 heavy (non-hydrogen) atoms. The van der Waals surface area contributed by atoms with Gasteiger partial charge in [-0.3, -0.25) is 4.79 Å². The Balaban J connectivity index is 2.91. The molecule has 1 amide bonds. The van der Waals surface area contributed by atoms with E-state index < -0.39 is 0 Å². The molecule has 0 spiro atoms. The molecule has 7 nitrogen and oxygen atoms in total. The molecular formula is C19H32N4O3. The third-order valence-corrected chi connectivity index (χ3v) is 3.94. The van der Waals surface area contributed by atoms with Crippen LogP contribution in [0.1, 0.15) is 25.3 Å². The predicted molar refractivity (Wildman–Crippen MR) is 105 cm³/mol. The fourth-order valence-electron chi connectivity index (χ4n) is 2.29. The lowest BCUT2D eigenvalue weighted by Gasteiger charge is -2.24. The summed E-state index contributed by atoms with van der Waals surface area (Å²) in [6.07, 6.45) is 2.13. The van der Waals surface area contributed by atoms with Crippen LogP contribution in [0.15, 0.2) is 23.2 Å². The van der Waals surface area contributed by atoms with E-state index in [1.165, 1.54) is 0 Å². The number of carbonyl (C=O) groups excluding carboxylic acids is 1. The van der Waals surface area contributed by atoms with Crippen LogP contribution in [-0.2, 0) is 11.3 Å². The Morgan fingerprint density at radius 2 is 1.92 bits per heavy atom. The molecule has 1 N–H and O–H groups in total. The van der Waals surface area contributed by atoms with E-state index in [2.05, 4.69) is 17.2 Å². The van der Waals surface area contributed by atoms with Crippen molar-refractivity contribution in [2.75, 3.05) is 48.5 Å². The Labute approximate surface area is 157 Å². The van der Waals surface area contributed by atoms with Gasteiger partial charge in [-0.1, -0.05) is 13.3 Å². The lowest BCUT2D eigenvalue weighted by molar-refractivity contribution is -0.127. The number of carbonyl (C=O) groups is 1. The van der Waals surface area contributed by atoms with Crippen LogP contribution in [0.3, 0.4) is 0 Å². The van der Waals surface area contributed by atoms with E-state index in [9.17, 15) is 4.79 Å². The topological polar surface area (TPSA) is 66.4 Å². The minimum absolute atomic E-state index is 0.0322. The first-order valence-corrected chi connectivity index (χ1v) is 8.83. The van der Waals surface area contributed by atoms with Gasteiger partial charge in [-0.15, -0.1) is 0 Å². The van der Waals surface area contributed by atoms with Gasteiger partial charge in [0.2, 0.25) is 5.91 Å². The average molecular weight is 364 g/mol. The Bertz CT molecular complexity index is 602. The maximum Gasteiger partial charge on any atom is 0.243 e. The fraction of sp³-hybridized carbons (Fsp3) is 0.579. The molecule has 0 fully saturated rings. The summed E-state index contributed by atoms with van der Waals surface area (Å²) >= 11 is 0. The zero-order valence-corrected chi connectivity index (χ0v) is 16.8. The molecule has 7 heteroatoms. The summed E-state index contributed by atoms with van der Waals surface area (Å²) in [6, 6.07) is 5.74. The summed E-state index contributed by atoms with van der Waals surface area (Å²) in [6.45, 7) is 3.67. The van der Waals surface area contributed by atoms with Crippen LogP contribution < -0.4 is 14.8 Å². The Kier molecular flexibility index (Phi) is 9.33. The van der Waals surface area contributed by atoms with Crippen molar-refractivity contribution in [2.45, 2.75) is 26.3 Å². The van der Waals surface area contributed by atoms with Crippen molar-refractivity contribution < 1.29 is 14.3 Å². The van der Waals surface area contributed by atoms with Crippen molar-refractivity contribution in [3.05, 3.63) is 23.8 Å². The molecule has 0 aromatic heterocycles. The zero-order chi connectivity index (χ0) is 19.5. The molecule has 0 atom stereocenters. The minimum atomic E-state index is -0.0322. The lowest BCUT2D eigenvalue weighted by atomic mass is 10.2. The normalized spacial score (nSPS) is 11.1. The highest BCUT2D eigenvalue weighted by atomic mass is 16.5. The SMILES string of the molecule is CCCCNC(=NCC(=O)N(C)C)N(C)Cc1ccc(OC)cc1OC. The first kappa shape index (κ1) is 21.6. The fourth-order valence-corrected chi connectivity index (χ4v) is 2.29. The van der Waals surface area contributed by atoms with Crippen LogP contribution in [0, 0.1) is 0 Å². The average Bonchev–Trinajstić information content (AvgIpc) is 2.64. The number of aliphatic imine (C=N–C) groups is 1. The first-order chi connectivity index (χ1) is 12.4. The minimum Gasteiger partial charge on any atom is -0.497 e. The number of nitrogens with one attached hydrogen (secondary N) is 1. The van der Waals surface area contributed by atoms with Gasteiger partial charge in [0.05, 0.1) is 14.2 Å². The summed E-state index contributed by atoms with van der Waals surface area (Å²) < 4.78 is 10.7. The number of likely N-dealkylation sites (N-methyl/N-ethyl adjacent to an activating group) is 1. The highest BCUT2D eigenvalue weighted by molar-refractivity contribution is 5.84. The monoisotopic (exact) mass is 364 g/mol. The van der Waals surface area contributed by atoms with Crippen molar-refractivity contribution in [3.8, 4) is 11.5 Å². The van der Waals surface area contributed by atoms with Crippen molar-refractivity contribution in [1.29, 1.82) is 0 Å². The lowest BCUT2D eigenvalue weighted by Crippen LogP contribution is -2.40. The molecule has 0 unspecified atom stereocenters. The summed E-state index contributed by atoms with van der Waals surface area (Å²) in [5.41, 5.74) is 1.01. The van der Waals surface area contributed by atoms with Gasteiger partial charge in [-0.25, -0.2) is 4.99 Å². The van der Waals surface area contributed by atoms with Gasteiger partial charge in [0.15, 0.2) is 5.96 Å². The van der Waals surface area contributed by atoms with E-state index in [0.29, 0.717) is 12.5 Å². The van der Waals surface area contributed by atoms with Crippen LogP contribution >= 0.6 is 0 Å². The van der Waals surface area contributed by atoms with Gasteiger partial charge in [0, 0.05) is 45.9 Å². The quantitative estimate of drug-likeness (QED) is 0.412. The maximum atomic E-state index is 11.9. The number of guanidine groups is 1. The summed E-state index contributed by atoms with van der Waals surface area (Å²) in [5.74, 6) is 2.18. The molecule has 1 aromatic rings. The molecule has 1 rings (SSSR count). The van der Waals surface area contributed by atoms with Crippen LogP contribution in [-0.4, -0.2) is 70.1 Å². The second kappa shape index (κ2) is 11.2. The molecule has 0 saturated carbocycles. The Hall–Kier alpha value is -2.44. The number of amides is 1. The summed E-state index contributed by atoms with van der Waals surface area (Å²) in [5, 5.41) is 3.33. The Morgan fingerprint density at radius 1 is 1.19 bits per heavy atom. The largest absolute Gasteiger partial charge is 0.497 e. The van der Waals surface area contributed by atoms with E-state index >= 15 is 0 Å². The smallest absolute Gasteiger partial charge is 0.243 e. The third kappa shape index (κ3) is 6.82. The molecule has 0 aliphatic carbocycles. The van der Waals surface area contributed by atoms with E-state index in [4.69, 9.17) is 9.47 Å². The molecule has 146 valence electrons. The summed E-state index contributed by atoms with van der Waals surface area (Å²) in [4.78, 5) is 19.9. The molecular weight excluding hydrogens is 332 g/mol. The number of hydrogen-bond donors (Lipinski definition) is 1. The maximum absolute atomic E-state index is 11.9. The van der Waals surface area contributed by atoms with Gasteiger partial charge in [0.25, 0.3) is 0 Å². The molecule has 0 saturated heterocycles. The van der Waals surface area contributed by atoms with E-state index in [-0.39, 0.29) is 12.5 Å². The number of ether oxygens (including phenoxy) is 2. The van der Waals surface area contributed by atoms with E-state index in [1.54, 1.807) is 33.2 Å². The highest BCUT2D eigenvalue weighted by Gasteiger charge is 2.12. The molecule has 0 radical (unpaired) electrons. The predicted octanol–water partition coefficient (Wildman–Crippen LogP) is 1.97. The van der Waals surface area contributed by atoms with Gasteiger partial charge in [-0.2, -0.15) is 0 Å². The number of methoxy groups -OCH3 is 2. The van der Waals surface area contributed by atoms with E-state index in [0.717, 1.165) is 36.4 Å². The molecule has 0 aliphatic rings. The highest BCUT2D eigenvalue weighted by Crippen LogP contribution is 2.25. The van der Waals surface area contributed by atoms with Crippen LogP contribution in [0.5, 0.6) is 11.5 Å². The second-order valence-corrected chi connectivity index (χ2v) is 6.24. The number of unbranched alkanes of at least 4 members (excludes halogenated alkanes) is 1. The zero-order valence-electron chi connectivity index (χ0n) is 16.8. The molecule has 0 aliphatic heterocycles. The van der Waals surface area contributed by atoms with Crippen molar-refractivity contribution in [2.24, 2.45) is 4.99 Å². The van der Waals surface area contributed by atoms with Crippen molar-refractivity contribution in [3.63, 3.8) is 0 Å². The summed E-state index contributed by atoms with van der Waals surface area (Å²) in [7, 11) is 8.68. The van der Waals surface area contributed by atoms with Crippen LogP contribution in [0.25, 0.3) is 0 Å². The van der Waals surface area contributed by atoms with E-state index in [1.807, 2.05) is 30.1 Å². The van der Waals surface area contributed by atoms with Crippen molar-refractivity contribution in [1.82, 2.24) is 15.1 Å². The standard InChI is InChI=1S/C19H32N4O3/c1-7-8-11-20-19(21-13-18(24)22(2)3)23(4)14-15-9-10-16(25-5)12-17(15)26-6/h9-10,12H,7-8,11,13-14H2,1-6H3,(H,20,21). The number of hydrogen-bond acceptors (Lipinski definition) is 4. The second-order valence-electron chi connectivity index (χ2n) is 6.24. The van der Waals surface area contributed by atoms with Crippen LogP contribution in [0.2, 0.25) is 0 Å². The number of nitrogens with zero attached hydrogens (tertiary/aromatic N) is 3. The third-order valence-electron chi connectivity index (χ3n) is 3.94. The van der Waals surface area contributed by atoms with Crippen LogP contribution in [0.4, 0.5) is 0 Å². The molecule has 0 heterocycles. The van der Waals surface area contributed by atoms with Gasteiger partial charge < -0.3 is 24.6 Å².